The molecule has 0 heterocycles. The molecule has 3 unspecified atom stereocenters. The Labute approximate surface area is 109 Å². The van der Waals surface area contributed by atoms with Crippen LogP contribution in [0.15, 0.2) is 9.98 Å². The fourth-order valence-electron chi connectivity index (χ4n) is 2.85. The first-order chi connectivity index (χ1) is 8.77. The highest BCUT2D eigenvalue weighted by Gasteiger charge is 2.27. The SMILES string of the molecule is CC1CCC(CCCCN=C=O)CC1CN=C=O. The predicted molar refractivity (Wildman–Crippen MR) is 69.8 cm³/mol. The van der Waals surface area contributed by atoms with Crippen molar-refractivity contribution in [2.75, 3.05) is 13.1 Å². The number of hydrogen-bond donors (Lipinski definition) is 0. The van der Waals surface area contributed by atoms with Crippen molar-refractivity contribution in [1.29, 1.82) is 0 Å². The smallest absolute Gasteiger partial charge is 0.211 e. The first-order valence-corrected chi connectivity index (χ1v) is 6.85. The summed E-state index contributed by atoms with van der Waals surface area (Å²) >= 11 is 0. The second-order valence-electron chi connectivity index (χ2n) is 5.32. The van der Waals surface area contributed by atoms with Crippen molar-refractivity contribution in [3.63, 3.8) is 0 Å². The predicted octanol–water partition coefficient (Wildman–Crippen LogP) is 2.88. The van der Waals surface area contributed by atoms with Gasteiger partial charge in [-0.15, -0.1) is 0 Å². The molecule has 18 heavy (non-hydrogen) atoms. The maximum atomic E-state index is 10.2. The van der Waals surface area contributed by atoms with Crippen molar-refractivity contribution in [2.45, 2.75) is 45.4 Å². The van der Waals surface area contributed by atoms with Crippen LogP contribution in [0.5, 0.6) is 0 Å². The number of aliphatic imine (C=N–C) groups is 2. The summed E-state index contributed by atoms with van der Waals surface area (Å²) in [5.74, 6) is 1.95. The summed E-state index contributed by atoms with van der Waals surface area (Å²) in [5.41, 5.74) is 0. The van der Waals surface area contributed by atoms with E-state index in [1.807, 2.05) is 0 Å². The molecule has 0 amide bonds. The van der Waals surface area contributed by atoms with Gasteiger partial charge in [-0.25, -0.2) is 19.6 Å². The Morgan fingerprint density at radius 2 is 1.89 bits per heavy atom. The zero-order valence-corrected chi connectivity index (χ0v) is 11.1. The standard InChI is InChI=1S/C14H22N2O2/c1-12-5-6-13(4-2-3-7-15-10-17)8-14(12)9-16-11-18/h12-14H,2-9H2,1H3. The van der Waals surface area contributed by atoms with Crippen LogP contribution in [0.25, 0.3) is 0 Å². The van der Waals surface area contributed by atoms with E-state index >= 15 is 0 Å². The van der Waals surface area contributed by atoms with Crippen LogP contribution in [0.4, 0.5) is 0 Å². The molecule has 0 aromatic carbocycles. The van der Waals surface area contributed by atoms with E-state index in [-0.39, 0.29) is 0 Å². The molecule has 0 N–H and O–H groups in total. The Balaban J connectivity index is 2.25. The lowest BCUT2D eigenvalue weighted by atomic mass is 9.73. The summed E-state index contributed by atoms with van der Waals surface area (Å²) in [6.07, 6.45) is 10.2. The van der Waals surface area contributed by atoms with Gasteiger partial charge in [0, 0.05) is 0 Å². The van der Waals surface area contributed by atoms with E-state index in [1.165, 1.54) is 25.7 Å². The van der Waals surface area contributed by atoms with Crippen molar-refractivity contribution < 1.29 is 9.59 Å². The van der Waals surface area contributed by atoms with Gasteiger partial charge in [0.2, 0.25) is 12.2 Å². The number of nitrogens with zero attached hydrogens (tertiary/aromatic N) is 2. The minimum Gasteiger partial charge on any atom is -0.211 e. The molecule has 0 saturated heterocycles. The summed E-state index contributed by atoms with van der Waals surface area (Å²) in [6, 6.07) is 0. The summed E-state index contributed by atoms with van der Waals surface area (Å²) in [7, 11) is 0. The largest absolute Gasteiger partial charge is 0.234 e. The summed E-state index contributed by atoms with van der Waals surface area (Å²) in [4.78, 5) is 27.4. The van der Waals surface area contributed by atoms with Gasteiger partial charge in [0.1, 0.15) is 0 Å². The van der Waals surface area contributed by atoms with Crippen molar-refractivity contribution in [2.24, 2.45) is 27.7 Å². The molecule has 1 aliphatic rings. The number of rotatable bonds is 7. The lowest BCUT2D eigenvalue weighted by Gasteiger charge is -2.33. The molecule has 0 radical (unpaired) electrons. The van der Waals surface area contributed by atoms with E-state index in [4.69, 9.17) is 0 Å². The zero-order chi connectivity index (χ0) is 13.2. The Morgan fingerprint density at radius 3 is 2.61 bits per heavy atom. The molecule has 4 heteroatoms. The molecule has 1 rings (SSSR count). The fourth-order valence-corrected chi connectivity index (χ4v) is 2.85. The summed E-state index contributed by atoms with van der Waals surface area (Å²) in [6.45, 7) is 3.49. The Morgan fingerprint density at radius 1 is 1.11 bits per heavy atom. The van der Waals surface area contributed by atoms with Crippen LogP contribution in [0, 0.1) is 17.8 Å². The molecule has 1 aliphatic carbocycles. The molecule has 100 valence electrons. The molecule has 0 aliphatic heterocycles. The Hall–Kier alpha value is -1.24. The first-order valence-electron chi connectivity index (χ1n) is 6.85. The molecule has 1 fully saturated rings. The van der Waals surface area contributed by atoms with Gasteiger partial charge in [0.15, 0.2) is 0 Å². The van der Waals surface area contributed by atoms with Crippen LogP contribution in [0.1, 0.15) is 45.4 Å². The third-order valence-electron chi connectivity index (χ3n) is 4.06. The zero-order valence-electron chi connectivity index (χ0n) is 11.1. The third kappa shape index (κ3) is 5.39. The summed E-state index contributed by atoms with van der Waals surface area (Å²) in [5, 5.41) is 0. The van der Waals surface area contributed by atoms with Gasteiger partial charge in [-0.3, -0.25) is 0 Å². The fraction of sp³-hybridized carbons (Fsp3) is 0.857. The van der Waals surface area contributed by atoms with Gasteiger partial charge in [0.25, 0.3) is 0 Å². The molecule has 0 aromatic rings. The van der Waals surface area contributed by atoms with Gasteiger partial charge in [-0.1, -0.05) is 32.6 Å². The lowest BCUT2D eigenvalue weighted by Crippen LogP contribution is -2.25. The average molecular weight is 250 g/mol. The van der Waals surface area contributed by atoms with E-state index in [0.717, 1.165) is 18.8 Å². The van der Waals surface area contributed by atoms with E-state index < -0.39 is 0 Å². The van der Waals surface area contributed by atoms with Gasteiger partial charge < -0.3 is 0 Å². The third-order valence-corrected chi connectivity index (χ3v) is 4.06. The van der Waals surface area contributed by atoms with Crippen molar-refractivity contribution in [3.05, 3.63) is 0 Å². The maximum Gasteiger partial charge on any atom is 0.234 e. The molecular weight excluding hydrogens is 228 g/mol. The maximum absolute atomic E-state index is 10.2. The molecule has 4 nitrogen and oxygen atoms in total. The van der Waals surface area contributed by atoms with Gasteiger partial charge >= 0.3 is 0 Å². The number of hydrogen-bond acceptors (Lipinski definition) is 4. The second-order valence-corrected chi connectivity index (χ2v) is 5.32. The van der Waals surface area contributed by atoms with E-state index in [2.05, 4.69) is 16.9 Å². The Kier molecular flexibility index (Phi) is 7.24. The number of isocyanates is 2. The van der Waals surface area contributed by atoms with Crippen molar-refractivity contribution >= 4 is 12.2 Å². The molecule has 3 atom stereocenters. The topological polar surface area (TPSA) is 58.9 Å². The molecule has 0 aromatic heterocycles. The van der Waals surface area contributed by atoms with Crippen molar-refractivity contribution in [1.82, 2.24) is 0 Å². The second kappa shape index (κ2) is 8.79. The first kappa shape index (κ1) is 14.8. The van der Waals surface area contributed by atoms with Gasteiger partial charge in [-0.2, -0.15) is 0 Å². The monoisotopic (exact) mass is 250 g/mol. The molecule has 1 saturated carbocycles. The molecule has 0 spiro atoms. The van der Waals surface area contributed by atoms with Crippen LogP contribution in [-0.2, 0) is 9.59 Å². The average Bonchev–Trinajstić information content (AvgIpc) is 2.39. The molecule has 0 bridgehead atoms. The number of unbranched alkanes of at least 4 members (excludes halogenated alkanes) is 1. The van der Waals surface area contributed by atoms with Crippen LogP contribution in [-0.4, -0.2) is 25.2 Å². The highest BCUT2D eigenvalue weighted by Crippen LogP contribution is 2.36. The summed E-state index contributed by atoms with van der Waals surface area (Å²) < 4.78 is 0. The van der Waals surface area contributed by atoms with Crippen LogP contribution in [0.2, 0.25) is 0 Å². The minimum absolute atomic E-state index is 0.540. The Bertz CT molecular complexity index is 331. The molecular formula is C14H22N2O2. The van der Waals surface area contributed by atoms with E-state index in [1.54, 1.807) is 12.2 Å². The minimum atomic E-state index is 0.540. The van der Waals surface area contributed by atoms with Gasteiger partial charge in [0.05, 0.1) is 13.1 Å². The lowest BCUT2D eigenvalue weighted by molar-refractivity contribution is 0.189. The van der Waals surface area contributed by atoms with Crippen LogP contribution >= 0.6 is 0 Å². The number of carbonyl (C=O) groups excluding carboxylic acids is 2. The highest BCUT2D eigenvalue weighted by molar-refractivity contribution is 5.33. The quantitative estimate of drug-likeness (QED) is 0.396. The normalized spacial score (nSPS) is 27.1. The van der Waals surface area contributed by atoms with E-state index in [0.29, 0.717) is 24.9 Å². The van der Waals surface area contributed by atoms with Crippen LogP contribution < -0.4 is 0 Å². The van der Waals surface area contributed by atoms with Crippen molar-refractivity contribution in [3.8, 4) is 0 Å². The van der Waals surface area contributed by atoms with E-state index in [9.17, 15) is 9.59 Å². The highest BCUT2D eigenvalue weighted by atomic mass is 16.1. The van der Waals surface area contributed by atoms with Crippen LogP contribution in [0.3, 0.4) is 0 Å². The van der Waals surface area contributed by atoms with Gasteiger partial charge in [-0.05, 0) is 30.6 Å².